The normalized spacial score (nSPS) is 19.0. The number of hydrogen-bond donors (Lipinski definition) is 1. The van der Waals surface area contributed by atoms with Gasteiger partial charge in [-0.1, -0.05) is 33.8 Å². The molecule has 1 aromatic heterocycles. The molecule has 1 aliphatic heterocycles. The minimum atomic E-state index is 0.690. The molecule has 0 aliphatic carbocycles. The van der Waals surface area contributed by atoms with Crippen LogP contribution in [0.15, 0.2) is 12.1 Å². The summed E-state index contributed by atoms with van der Waals surface area (Å²) in [6.07, 6.45) is 1.30. The van der Waals surface area contributed by atoms with Crippen molar-refractivity contribution < 1.29 is 0 Å². The molecule has 2 rings (SSSR count). The molecule has 1 atom stereocenters. The summed E-state index contributed by atoms with van der Waals surface area (Å²) in [5.41, 5.74) is 2.48. The average molecular weight is 289 g/mol. The smallest absolute Gasteiger partial charge is 0.128 e. The van der Waals surface area contributed by atoms with Gasteiger partial charge in [0.1, 0.15) is 5.82 Å². The molecular weight excluding hydrogens is 258 g/mol. The van der Waals surface area contributed by atoms with Crippen molar-refractivity contribution in [2.75, 3.05) is 24.5 Å². The van der Waals surface area contributed by atoms with Gasteiger partial charge < -0.3 is 10.2 Å². The van der Waals surface area contributed by atoms with Gasteiger partial charge in [-0.05, 0) is 49.3 Å². The van der Waals surface area contributed by atoms with Gasteiger partial charge in [-0.3, -0.25) is 0 Å². The van der Waals surface area contributed by atoms with Crippen LogP contribution in [0.1, 0.15) is 45.4 Å². The molecule has 1 unspecified atom stereocenters. The van der Waals surface area contributed by atoms with E-state index in [4.69, 9.17) is 4.98 Å². The van der Waals surface area contributed by atoms with Gasteiger partial charge in [0.15, 0.2) is 0 Å². The van der Waals surface area contributed by atoms with Crippen LogP contribution in [0.2, 0.25) is 0 Å². The van der Waals surface area contributed by atoms with E-state index < -0.39 is 0 Å². The van der Waals surface area contributed by atoms with E-state index in [0.717, 1.165) is 49.5 Å². The Morgan fingerprint density at radius 3 is 2.62 bits per heavy atom. The predicted molar refractivity (Wildman–Crippen MR) is 90.7 cm³/mol. The van der Waals surface area contributed by atoms with Crippen LogP contribution in [0.4, 0.5) is 5.82 Å². The molecule has 21 heavy (non-hydrogen) atoms. The largest absolute Gasteiger partial charge is 0.356 e. The summed E-state index contributed by atoms with van der Waals surface area (Å²) in [4.78, 5) is 7.28. The zero-order valence-corrected chi connectivity index (χ0v) is 14.3. The van der Waals surface area contributed by atoms with Crippen molar-refractivity contribution >= 4 is 5.82 Å². The Bertz CT molecular complexity index is 454. The van der Waals surface area contributed by atoms with E-state index in [-0.39, 0.29) is 0 Å². The summed E-state index contributed by atoms with van der Waals surface area (Å²) in [6.45, 7) is 15.6. The third-order valence-electron chi connectivity index (χ3n) is 4.54. The lowest BCUT2D eigenvalue weighted by Gasteiger charge is -2.20. The molecule has 1 aliphatic rings. The van der Waals surface area contributed by atoms with Crippen molar-refractivity contribution in [3.8, 4) is 0 Å². The molecule has 0 aromatic carbocycles. The van der Waals surface area contributed by atoms with Crippen molar-refractivity contribution in [2.24, 2.45) is 17.8 Å². The summed E-state index contributed by atoms with van der Waals surface area (Å²) >= 11 is 0. The minimum Gasteiger partial charge on any atom is -0.356 e. The van der Waals surface area contributed by atoms with Crippen molar-refractivity contribution in [3.05, 3.63) is 23.4 Å². The minimum absolute atomic E-state index is 0.690. The van der Waals surface area contributed by atoms with Gasteiger partial charge in [-0.15, -0.1) is 0 Å². The Morgan fingerprint density at radius 1 is 1.29 bits per heavy atom. The number of aromatic nitrogens is 1. The molecule has 0 amide bonds. The first-order valence-corrected chi connectivity index (χ1v) is 8.39. The highest BCUT2D eigenvalue weighted by molar-refractivity contribution is 5.42. The topological polar surface area (TPSA) is 28.2 Å². The third-order valence-corrected chi connectivity index (χ3v) is 4.54. The summed E-state index contributed by atoms with van der Waals surface area (Å²) in [5.74, 6) is 3.44. The predicted octanol–water partition coefficient (Wildman–Crippen LogP) is 3.62. The Hall–Kier alpha value is -1.09. The highest BCUT2D eigenvalue weighted by Gasteiger charge is 2.25. The number of rotatable bonds is 6. The van der Waals surface area contributed by atoms with Gasteiger partial charge >= 0.3 is 0 Å². The van der Waals surface area contributed by atoms with Crippen LogP contribution in [-0.2, 0) is 6.54 Å². The quantitative estimate of drug-likeness (QED) is 0.867. The van der Waals surface area contributed by atoms with Gasteiger partial charge in [-0.25, -0.2) is 4.98 Å². The van der Waals surface area contributed by atoms with Crippen molar-refractivity contribution in [1.29, 1.82) is 0 Å². The van der Waals surface area contributed by atoms with E-state index >= 15 is 0 Å². The first-order valence-electron chi connectivity index (χ1n) is 8.39. The van der Waals surface area contributed by atoms with E-state index in [9.17, 15) is 0 Å². The number of hydrogen-bond acceptors (Lipinski definition) is 3. The molecule has 118 valence electrons. The molecular formula is C18H31N3. The second-order valence-corrected chi connectivity index (χ2v) is 7.18. The molecule has 1 saturated heterocycles. The lowest BCUT2D eigenvalue weighted by Crippen LogP contribution is -2.23. The van der Waals surface area contributed by atoms with Crippen LogP contribution in [0.5, 0.6) is 0 Å². The van der Waals surface area contributed by atoms with Crippen LogP contribution >= 0.6 is 0 Å². The van der Waals surface area contributed by atoms with Crippen LogP contribution in [-0.4, -0.2) is 24.6 Å². The molecule has 2 heterocycles. The molecule has 0 saturated carbocycles. The number of aryl methyl sites for hydroxylation is 1. The van der Waals surface area contributed by atoms with Crippen molar-refractivity contribution in [3.63, 3.8) is 0 Å². The molecule has 1 aromatic rings. The Morgan fingerprint density at radius 2 is 2.05 bits per heavy atom. The number of anilines is 1. The summed E-state index contributed by atoms with van der Waals surface area (Å²) < 4.78 is 0. The monoisotopic (exact) mass is 289 g/mol. The fourth-order valence-electron chi connectivity index (χ4n) is 2.97. The van der Waals surface area contributed by atoms with Gasteiger partial charge in [0.2, 0.25) is 0 Å². The Balaban J connectivity index is 1.96. The molecule has 1 N–H and O–H groups in total. The molecule has 0 bridgehead atoms. The Kier molecular flexibility index (Phi) is 5.63. The van der Waals surface area contributed by atoms with Crippen molar-refractivity contribution in [1.82, 2.24) is 10.3 Å². The molecule has 0 radical (unpaired) electrons. The third kappa shape index (κ3) is 4.44. The van der Waals surface area contributed by atoms with Gasteiger partial charge in [0.25, 0.3) is 0 Å². The summed E-state index contributed by atoms with van der Waals surface area (Å²) in [5, 5.41) is 3.50. The fraction of sp³-hybridized carbons (Fsp3) is 0.722. The highest BCUT2D eigenvalue weighted by Crippen LogP contribution is 2.27. The van der Waals surface area contributed by atoms with Crippen LogP contribution in [0.3, 0.4) is 0 Å². The van der Waals surface area contributed by atoms with Gasteiger partial charge in [-0.2, -0.15) is 0 Å². The molecule has 3 nitrogen and oxygen atoms in total. The van der Waals surface area contributed by atoms with Gasteiger partial charge in [0.05, 0.1) is 0 Å². The van der Waals surface area contributed by atoms with E-state index in [1.165, 1.54) is 12.0 Å². The van der Waals surface area contributed by atoms with E-state index in [1.54, 1.807) is 0 Å². The fourth-order valence-corrected chi connectivity index (χ4v) is 2.97. The van der Waals surface area contributed by atoms with E-state index in [1.807, 2.05) is 0 Å². The maximum Gasteiger partial charge on any atom is 0.128 e. The highest BCUT2D eigenvalue weighted by atomic mass is 15.2. The number of nitrogens with zero attached hydrogens (tertiary/aromatic N) is 2. The maximum atomic E-state index is 4.83. The maximum absolute atomic E-state index is 4.83. The lowest BCUT2D eigenvalue weighted by atomic mass is 9.95. The zero-order chi connectivity index (χ0) is 15.4. The molecule has 0 spiro atoms. The zero-order valence-electron chi connectivity index (χ0n) is 14.3. The number of nitrogens with one attached hydrogen (secondary N) is 1. The van der Waals surface area contributed by atoms with Crippen LogP contribution in [0, 0.1) is 24.7 Å². The van der Waals surface area contributed by atoms with Gasteiger partial charge in [0, 0.05) is 25.3 Å². The first-order chi connectivity index (χ1) is 9.97. The van der Waals surface area contributed by atoms with E-state index in [2.05, 4.69) is 57.0 Å². The standard InChI is InChI=1S/C18H31N3/c1-13(2)10-19-11-16-6-7-18(20-15(16)5)21-9-8-17(12-21)14(3)4/h6-7,13-14,17,19H,8-12H2,1-5H3. The molecule has 3 heteroatoms. The van der Waals surface area contributed by atoms with Crippen molar-refractivity contribution in [2.45, 2.75) is 47.6 Å². The SMILES string of the molecule is Cc1nc(N2CCC(C(C)C)C2)ccc1CNCC(C)C. The second-order valence-electron chi connectivity index (χ2n) is 7.18. The van der Waals surface area contributed by atoms with Crippen LogP contribution in [0.25, 0.3) is 0 Å². The van der Waals surface area contributed by atoms with Crippen LogP contribution < -0.4 is 10.2 Å². The Labute approximate surface area is 130 Å². The number of pyridine rings is 1. The van der Waals surface area contributed by atoms with E-state index in [0.29, 0.717) is 5.92 Å². The summed E-state index contributed by atoms with van der Waals surface area (Å²) in [7, 11) is 0. The second kappa shape index (κ2) is 7.26. The first kappa shape index (κ1) is 16.3. The molecule has 1 fully saturated rings. The average Bonchev–Trinajstić information content (AvgIpc) is 2.90. The summed E-state index contributed by atoms with van der Waals surface area (Å²) in [6, 6.07) is 4.44. The lowest BCUT2D eigenvalue weighted by molar-refractivity contribution is 0.422.